The monoisotopic (exact) mass is 559 g/mol. The number of carboxylic acid groups (broad SMARTS) is 1. The number of Topliss-reactive ketones (excluding diaryl/α,β-unsaturated/α-hetero) is 2. The van der Waals surface area contributed by atoms with Gasteiger partial charge in [0.05, 0.1) is 26.1 Å². The Morgan fingerprint density at radius 3 is 2.27 bits per heavy atom. The Morgan fingerprint density at radius 2 is 1.70 bits per heavy atom. The van der Waals surface area contributed by atoms with Gasteiger partial charge >= 0.3 is 5.97 Å². The largest absolute Gasteiger partial charge is 0.496 e. The van der Waals surface area contributed by atoms with Gasteiger partial charge in [-0.15, -0.1) is 0 Å². The third-order valence-electron chi connectivity index (χ3n) is 7.07. The number of rotatable bonds is 15. The molecule has 0 aliphatic heterocycles. The van der Waals surface area contributed by atoms with Crippen LogP contribution in [-0.4, -0.2) is 66.1 Å². The van der Waals surface area contributed by atoms with Crippen molar-refractivity contribution in [3.05, 3.63) is 29.3 Å². The van der Waals surface area contributed by atoms with Gasteiger partial charge in [-0.3, -0.25) is 28.8 Å². The van der Waals surface area contributed by atoms with E-state index in [0.717, 1.165) is 32.1 Å². The van der Waals surface area contributed by atoms with Crippen LogP contribution in [0.1, 0.15) is 81.6 Å². The molecule has 1 fully saturated rings. The van der Waals surface area contributed by atoms with Gasteiger partial charge < -0.3 is 25.8 Å². The molecule has 2 rings (SSSR count). The Morgan fingerprint density at radius 1 is 1.02 bits per heavy atom. The standard InChI is InChI=1S/C29H41N3O8/c1-17(2)27(32-25(35)15-21-14-20(18(3)33)10-12-24(21)40-4)29(39)31-22(11-13-26(36)37)23(34)16-30-28(38)19-8-6-5-7-9-19/h10,12,14,17,19,22,27H,5-9,11,13,15-16H2,1-4H3,(H,30,38)(H,31,39)(H,32,35)(H,36,37)/t22-,27-/m0/s1. The average Bonchev–Trinajstić information content (AvgIpc) is 2.92. The summed E-state index contributed by atoms with van der Waals surface area (Å²) in [5, 5.41) is 17.0. The first kappa shape index (κ1) is 32.5. The maximum Gasteiger partial charge on any atom is 0.303 e. The van der Waals surface area contributed by atoms with Crippen LogP contribution in [0, 0.1) is 11.8 Å². The highest BCUT2D eigenvalue weighted by Crippen LogP contribution is 2.24. The quantitative estimate of drug-likeness (QED) is 0.237. The number of amides is 3. The van der Waals surface area contributed by atoms with Crippen molar-refractivity contribution in [3.8, 4) is 5.75 Å². The summed E-state index contributed by atoms with van der Waals surface area (Å²) < 4.78 is 5.30. The molecule has 0 spiro atoms. The summed E-state index contributed by atoms with van der Waals surface area (Å²) >= 11 is 0. The van der Waals surface area contributed by atoms with Crippen molar-refractivity contribution >= 4 is 35.3 Å². The summed E-state index contributed by atoms with van der Waals surface area (Å²) in [5.74, 6) is -3.27. The van der Waals surface area contributed by atoms with Crippen LogP contribution in [-0.2, 0) is 30.4 Å². The maximum atomic E-state index is 13.2. The Labute approximate surface area is 234 Å². The van der Waals surface area contributed by atoms with Gasteiger partial charge in [0.2, 0.25) is 17.7 Å². The van der Waals surface area contributed by atoms with Crippen molar-refractivity contribution in [1.29, 1.82) is 0 Å². The van der Waals surface area contributed by atoms with E-state index in [4.69, 9.17) is 9.84 Å². The number of ether oxygens (including phenoxy) is 1. The molecule has 2 atom stereocenters. The van der Waals surface area contributed by atoms with Crippen LogP contribution >= 0.6 is 0 Å². The number of hydrogen-bond donors (Lipinski definition) is 4. The molecule has 0 heterocycles. The highest BCUT2D eigenvalue weighted by molar-refractivity contribution is 5.96. The summed E-state index contributed by atoms with van der Waals surface area (Å²) in [7, 11) is 1.44. The fraction of sp³-hybridized carbons (Fsp3) is 0.586. The van der Waals surface area contributed by atoms with E-state index < -0.39 is 35.7 Å². The second-order valence-corrected chi connectivity index (χ2v) is 10.6. The van der Waals surface area contributed by atoms with Crippen molar-refractivity contribution in [1.82, 2.24) is 16.0 Å². The number of hydrogen-bond acceptors (Lipinski definition) is 7. The van der Waals surface area contributed by atoms with Gasteiger partial charge in [0, 0.05) is 23.5 Å². The van der Waals surface area contributed by atoms with E-state index in [0.29, 0.717) is 16.9 Å². The summed E-state index contributed by atoms with van der Waals surface area (Å²) in [6.45, 7) is 4.53. The molecular formula is C29H41N3O8. The second-order valence-electron chi connectivity index (χ2n) is 10.6. The molecule has 0 unspecified atom stereocenters. The molecule has 1 aromatic carbocycles. The van der Waals surface area contributed by atoms with E-state index in [-0.39, 0.29) is 49.3 Å². The van der Waals surface area contributed by atoms with Gasteiger partial charge in [0.1, 0.15) is 11.8 Å². The predicted molar refractivity (Wildman–Crippen MR) is 147 cm³/mol. The van der Waals surface area contributed by atoms with E-state index >= 15 is 0 Å². The van der Waals surface area contributed by atoms with Crippen molar-refractivity contribution < 1.29 is 38.6 Å². The third kappa shape index (κ3) is 10.1. The van der Waals surface area contributed by atoms with Gasteiger partial charge in [-0.2, -0.15) is 0 Å². The van der Waals surface area contributed by atoms with Gasteiger partial charge in [-0.05, 0) is 50.3 Å². The molecule has 0 bridgehead atoms. The van der Waals surface area contributed by atoms with Crippen LogP contribution < -0.4 is 20.7 Å². The second kappa shape index (κ2) is 15.7. The average molecular weight is 560 g/mol. The minimum absolute atomic E-state index is 0.149. The molecular weight excluding hydrogens is 518 g/mol. The van der Waals surface area contributed by atoms with Crippen LogP contribution in [0.5, 0.6) is 5.75 Å². The Kier molecular flexibility index (Phi) is 12.8. The molecule has 1 saturated carbocycles. The molecule has 1 aliphatic rings. The SMILES string of the molecule is COc1ccc(C(C)=O)cc1CC(=O)N[C@H](C(=O)N[C@@H](CCC(=O)O)C(=O)CNC(=O)C1CCCCC1)C(C)C. The number of aliphatic carboxylic acids is 1. The topological polar surface area (TPSA) is 168 Å². The van der Waals surface area contributed by atoms with Gasteiger partial charge in [-0.1, -0.05) is 33.1 Å². The zero-order chi connectivity index (χ0) is 29.8. The van der Waals surface area contributed by atoms with Crippen LogP contribution in [0.15, 0.2) is 18.2 Å². The predicted octanol–water partition coefficient (Wildman–Crippen LogP) is 2.20. The van der Waals surface area contributed by atoms with Crippen LogP contribution in [0.2, 0.25) is 0 Å². The van der Waals surface area contributed by atoms with E-state index in [1.54, 1.807) is 32.0 Å². The van der Waals surface area contributed by atoms with E-state index in [9.17, 15) is 28.8 Å². The first-order valence-corrected chi connectivity index (χ1v) is 13.7. The molecule has 220 valence electrons. The number of carboxylic acids is 1. The van der Waals surface area contributed by atoms with Crippen LogP contribution in [0.3, 0.4) is 0 Å². The van der Waals surface area contributed by atoms with Crippen molar-refractivity contribution in [3.63, 3.8) is 0 Å². The molecule has 0 saturated heterocycles. The smallest absolute Gasteiger partial charge is 0.303 e. The lowest BCUT2D eigenvalue weighted by Crippen LogP contribution is -2.55. The number of nitrogens with one attached hydrogen (secondary N) is 3. The number of ketones is 2. The van der Waals surface area contributed by atoms with E-state index in [1.807, 2.05) is 0 Å². The molecule has 11 nitrogen and oxygen atoms in total. The Hall–Kier alpha value is -3.76. The van der Waals surface area contributed by atoms with Gasteiger partial charge in [0.15, 0.2) is 11.6 Å². The molecule has 1 aromatic rings. The summed E-state index contributed by atoms with van der Waals surface area (Å²) in [6.07, 6.45) is 3.85. The third-order valence-corrected chi connectivity index (χ3v) is 7.07. The van der Waals surface area contributed by atoms with Gasteiger partial charge in [0.25, 0.3) is 0 Å². The minimum atomic E-state index is -1.15. The molecule has 11 heteroatoms. The molecule has 1 aliphatic carbocycles. The lowest BCUT2D eigenvalue weighted by molar-refractivity contribution is -0.138. The summed E-state index contributed by atoms with van der Waals surface area (Å²) in [4.78, 5) is 74.5. The molecule has 40 heavy (non-hydrogen) atoms. The number of benzene rings is 1. The minimum Gasteiger partial charge on any atom is -0.496 e. The van der Waals surface area contributed by atoms with Crippen molar-refractivity contribution in [2.75, 3.05) is 13.7 Å². The fourth-order valence-electron chi connectivity index (χ4n) is 4.72. The normalized spacial score (nSPS) is 15.0. The Balaban J connectivity index is 2.08. The van der Waals surface area contributed by atoms with Crippen molar-refractivity contribution in [2.45, 2.75) is 84.2 Å². The van der Waals surface area contributed by atoms with Gasteiger partial charge in [-0.25, -0.2) is 0 Å². The van der Waals surface area contributed by atoms with Crippen LogP contribution in [0.4, 0.5) is 0 Å². The Bertz CT molecular complexity index is 1090. The van der Waals surface area contributed by atoms with Crippen LogP contribution in [0.25, 0.3) is 0 Å². The zero-order valence-electron chi connectivity index (χ0n) is 23.7. The van der Waals surface area contributed by atoms with E-state index in [2.05, 4.69) is 16.0 Å². The summed E-state index contributed by atoms with van der Waals surface area (Å²) in [5.41, 5.74) is 0.885. The van der Waals surface area contributed by atoms with Crippen molar-refractivity contribution in [2.24, 2.45) is 11.8 Å². The lowest BCUT2D eigenvalue weighted by Gasteiger charge is -2.25. The first-order chi connectivity index (χ1) is 18.9. The lowest BCUT2D eigenvalue weighted by atomic mass is 9.88. The maximum absolute atomic E-state index is 13.2. The number of methoxy groups -OCH3 is 1. The van der Waals surface area contributed by atoms with E-state index in [1.165, 1.54) is 14.0 Å². The summed E-state index contributed by atoms with van der Waals surface area (Å²) in [6, 6.07) is 2.58. The molecule has 4 N–H and O–H groups in total. The first-order valence-electron chi connectivity index (χ1n) is 13.7. The molecule has 3 amide bonds. The zero-order valence-corrected chi connectivity index (χ0v) is 23.7. The number of carbonyl (C=O) groups is 6. The molecule has 0 radical (unpaired) electrons. The highest BCUT2D eigenvalue weighted by atomic mass is 16.5. The highest BCUT2D eigenvalue weighted by Gasteiger charge is 2.30. The number of carbonyl (C=O) groups excluding carboxylic acids is 5. The fourth-order valence-corrected chi connectivity index (χ4v) is 4.72. The molecule has 0 aromatic heterocycles.